The molecule has 1 aliphatic carbocycles. The van der Waals surface area contributed by atoms with Gasteiger partial charge in [-0.1, -0.05) is 62.4 Å². The molecular formula is C22H25NO4. The van der Waals surface area contributed by atoms with Crippen molar-refractivity contribution in [1.29, 1.82) is 0 Å². The maximum absolute atomic E-state index is 12.5. The third kappa shape index (κ3) is 3.82. The number of aliphatic carboxylic acids is 1. The molecule has 3 rings (SSSR count). The van der Waals surface area contributed by atoms with E-state index in [0.717, 1.165) is 22.3 Å². The maximum Gasteiger partial charge on any atom is 0.410 e. The third-order valence-electron chi connectivity index (χ3n) is 5.07. The molecule has 2 aromatic rings. The van der Waals surface area contributed by atoms with Crippen molar-refractivity contribution in [3.63, 3.8) is 0 Å². The summed E-state index contributed by atoms with van der Waals surface area (Å²) in [5, 5.41) is 9.43. The van der Waals surface area contributed by atoms with Gasteiger partial charge < -0.3 is 9.84 Å². The minimum Gasteiger partial charge on any atom is -0.480 e. The van der Waals surface area contributed by atoms with E-state index in [1.165, 1.54) is 11.9 Å². The molecule has 1 amide bonds. The summed E-state index contributed by atoms with van der Waals surface area (Å²) >= 11 is 0. The first-order valence-corrected chi connectivity index (χ1v) is 9.20. The number of rotatable bonds is 6. The molecule has 2 aromatic carbocycles. The van der Waals surface area contributed by atoms with Gasteiger partial charge in [0.15, 0.2) is 0 Å². The first-order chi connectivity index (χ1) is 12.9. The molecule has 0 spiro atoms. The summed E-state index contributed by atoms with van der Waals surface area (Å²) < 4.78 is 5.54. The van der Waals surface area contributed by atoms with E-state index in [4.69, 9.17) is 4.74 Å². The Morgan fingerprint density at radius 1 is 1.04 bits per heavy atom. The number of amides is 1. The minimum absolute atomic E-state index is 0.0388. The number of hydrogen-bond acceptors (Lipinski definition) is 3. The molecule has 0 unspecified atom stereocenters. The van der Waals surface area contributed by atoms with Gasteiger partial charge in [0.25, 0.3) is 0 Å². The molecule has 0 aliphatic heterocycles. The molecule has 142 valence electrons. The molecular weight excluding hydrogens is 342 g/mol. The number of benzene rings is 2. The van der Waals surface area contributed by atoms with Crippen LogP contribution in [0.2, 0.25) is 0 Å². The predicted octanol–water partition coefficient (Wildman–Crippen LogP) is 4.37. The first-order valence-electron chi connectivity index (χ1n) is 9.20. The fraction of sp³-hybridized carbons (Fsp3) is 0.364. The number of fused-ring (bicyclic) bond motifs is 3. The number of carboxylic acid groups (broad SMARTS) is 1. The Kier molecular flexibility index (Phi) is 5.49. The molecule has 27 heavy (non-hydrogen) atoms. The monoisotopic (exact) mass is 367 g/mol. The SMILES string of the molecule is CC(C)C[C@H](C(=O)O)N(C)C(=O)OCC1c2ccccc2-c2ccccc21. The number of hydrogen-bond donors (Lipinski definition) is 1. The van der Waals surface area contributed by atoms with Gasteiger partial charge in [-0.3, -0.25) is 4.90 Å². The zero-order valence-corrected chi connectivity index (χ0v) is 15.9. The van der Waals surface area contributed by atoms with E-state index in [0.29, 0.717) is 6.42 Å². The Labute approximate surface area is 159 Å². The molecule has 1 N–H and O–H groups in total. The van der Waals surface area contributed by atoms with Crippen LogP contribution in [0.4, 0.5) is 4.79 Å². The smallest absolute Gasteiger partial charge is 0.410 e. The standard InChI is InChI=1S/C22H25NO4/c1-14(2)12-20(21(24)25)23(3)22(26)27-13-19-17-10-6-4-8-15(17)16-9-5-7-11-18(16)19/h4-11,14,19-20H,12-13H2,1-3H3,(H,24,25)/t20-/m1/s1. The van der Waals surface area contributed by atoms with Crippen LogP contribution >= 0.6 is 0 Å². The summed E-state index contributed by atoms with van der Waals surface area (Å²) in [6, 6.07) is 15.3. The lowest BCUT2D eigenvalue weighted by atomic mass is 9.98. The molecule has 0 radical (unpaired) electrons. The minimum atomic E-state index is -1.01. The summed E-state index contributed by atoms with van der Waals surface area (Å²) in [7, 11) is 1.49. The van der Waals surface area contributed by atoms with Crippen LogP contribution < -0.4 is 0 Å². The van der Waals surface area contributed by atoms with Crippen LogP contribution in [-0.2, 0) is 9.53 Å². The third-order valence-corrected chi connectivity index (χ3v) is 5.07. The van der Waals surface area contributed by atoms with Gasteiger partial charge in [-0.2, -0.15) is 0 Å². The van der Waals surface area contributed by atoms with Crippen LogP contribution in [-0.4, -0.2) is 41.8 Å². The molecule has 0 fully saturated rings. The van der Waals surface area contributed by atoms with Crippen LogP contribution in [0.1, 0.15) is 37.3 Å². The summed E-state index contributed by atoms with van der Waals surface area (Å²) in [5.41, 5.74) is 4.58. The van der Waals surface area contributed by atoms with Crippen LogP contribution in [0.25, 0.3) is 11.1 Å². The van der Waals surface area contributed by atoms with Gasteiger partial charge in [0.1, 0.15) is 12.6 Å². The van der Waals surface area contributed by atoms with Gasteiger partial charge in [0.2, 0.25) is 0 Å². The topological polar surface area (TPSA) is 66.8 Å². The molecule has 0 saturated carbocycles. The van der Waals surface area contributed by atoms with Crippen molar-refractivity contribution >= 4 is 12.1 Å². The average molecular weight is 367 g/mol. The Hall–Kier alpha value is -2.82. The quantitative estimate of drug-likeness (QED) is 0.823. The average Bonchev–Trinajstić information content (AvgIpc) is 2.97. The maximum atomic E-state index is 12.5. The number of likely N-dealkylation sites (N-methyl/N-ethyl adjacent to an activating group) is 1. The number of carbonyl (C=O) groups is 2. The Bertz CT molecular complexity index is 800. The van der Waals surface area contributed by atoms with E-state index in [1.54, 1.807) is 0 Å². The van der Waals surface area contributed by atoms with Crippen LogP contribution in [0.15, 0.2) is 48.5 Å². The van der Waals surface area contributed by atoms with Crippen molar-refractivity contribution in [3.8, 4) is 11.1 Å². The molecule has 0 saturated heterocycles. The lowest BCUT2D eigenvalue weighted by Gasteiger charge is -2.26. The largest absolute Gasteiger partial charge is 0.480 e. The molecule has 1 atom stereocenters. The van der Waals surface area contributed by atoms with E-state index >= 15 is 0 Å². The normalized spacial score (nSPS) is 13.8. The van der Waals surface area contributed by atoms with Gasteiger partial charge in [0, 0.05) is 13.0 Å². The van der Waals surface area contributed by atoms with Crippen LogP contribution in [0, 0.1) is 5.92 Å². The fourth-order valence-corrected chi connectivity index (χ4v) is 3.69. The lowest BCUT2D eigenvalue weighted by Crippen LogP contribution is -2.43. The van der Waals surface area contributed by atoms with Crippen molar-refractivity contribution < 1.29 is 19.4 Å². The summed E-state index contributed by atoms with van der Waals surface area (Å²) in [5.74, 6) is -0.891. The molecule has 1 aliphatic rings. The molecule has 0 heterocycles. The van der Waals surface area contributed by atoms with E-state index in [1.807, 2.05) is 38.1 Å². The number of carboxylic acids is 1. The molecule has 0 aromatic heterocycles. The zero-order valence-electron chi connectivity index (χ0n) is 15.9. The molecule has 5 nitrogen and oxygen atoms in total. The first kappa shape index (κ1) is 19.0. The van der Waals surface area contributed by atoms with Crippen LogP contribution in [0.3, 0.4) is 0 Å². The Balaban J connectivity index is 1.75. The second-order valence-electron chi connectivity index (χ2n) is 7.40. The van der Waals surface area contributed by atoms with Gasteiger partial charge in [-0.15, -0.1) is 0 Å². The van der Waals surface area contributed by atoms with Gasteiger partial charge in [-0.25, -0.2) is 9.59 Å². The van der Waals surface area contributed by atoms with Crippen molar-refractivity contribution in [2.24, 2.45) is 5.92 Å². The van der Waals surface area contributed by atoms with E-state index in [9.17, 15) is 14.7 Å². The van der Waals surface area contributed by atoms with E-state index in [2.05, 4.69) is 24.3 Å². The Morgan fingerprint density at radius 2 is 1.56 bits per heavy atom. The van der Waals surface area contributed by atoms with Gasteiger partial charge in [0.05, 0.1) is 0 Å². The van der Waals surface area contributed by atoms with Crippen molar-refractivity contribution in [2.75, 3.05) is 13.7 Å². The highest BCUT2D eigenvalue weighted by Gasteiger charge is 2.32. The highest BCUT2D eigenvalue weighted by atomic mass is 16.6. The molecule has 5 heteroatoms. The van der Waals surface area contributed by atoms with Crippen molar-refractivity contribution in [2.45, 2.75) is 32.2 Å². The fourth-order valence-electron chi connectivity index (χ4n) is 3.69. The zero-order chi connectivity index (χ0) is 19.6. The van der Waals surface area contributed by atoms with E-state index in [-0.39, 0.29) is 18.4 Å². The number of nitrogens with zero attached hydrogens (tertiary/aromatic N) is 1. The summed E-state index contributed by atoms with van der Waals surface area (Å²) in [6.45, 7) is 4.05. The second kappa shape index (κ2) is 7.82. The summed E-state index contributed by atoms with van der Waals surface area (Å²) in [6.07, 6.45) is -0.222. The lowest BCUT2D eigenvalue weighted by molar-refractivity contribution is -0.142. The molecule has 0 bridgehead atoms. The van der Waals surface area contributed by atoms with E-state index < -0.39 is 18.1 Å². The van der Waals surface area contributed by atoms with Crippen LogP contribution in [0.5, 0.6) is 0 Å². The predicted molar refractivity (Wildman–Crippen MR) is 104 cm³/mol. The summed E-state index contributed by atoms with van der Waals surface area (Å²) in [4.78, 5) is 25.2. The highest BCUT2D eigenvalue weighted by Crippen LogP contribution is 2.44. The van der Waals surface area contributed by atoms with Crippen molar-refractivity contribution in [3.05, 3.63) is 59.7 Å². The van der Waals surface area contributed by atoms with Gasteiger partial charge >= 0.3 is 12.1 Å². The Morgan fingerprint density at radius 3 is 2.04 bits per heavy atom. The highest BCUT2D eigenvalue weighted by molar-refractivity contribution is 5.81. The number of ether oxygens (including phenoxy) is 1. The van der Waals surface area contributed by atoms with Gasteiger partial charge in [-0.05, 0) is 34.6 Å². The van der Waals surface area contributed by atoms with Crippen molar-refractivity contribution in [1.82, 2.24) is 4.90 Å². The second-order valence-corrected chi connectivity index (χ2v) is 7.40. The number of carbonyl (C=O) groups excluding carboxylic acids is 1.